The molecule has 0 amide bonds. The topological polar surface area (TPSA) is 70.3 Å². The summed E-state index contributed by atoms with van der Waals surface area (Å²) in [6, 6.07) is 5.07. The second-order valence-electron chi connectivity index (χ2n) is 3.28. The van der Waals surface area contributed by atoms with Crippen molar-refractivity contribution in [1.29, 1.82) is 5.26 Å². The summed E-state index contributed by atoms with van der Waals surface area (Å²) in [5, 5.41) is 18.2. The van der Waals surface area contributed by atoms with Gasteiger partial charge in [0.15, 0.2) is 0 Å². The highest BCUT2D eigenvalue weighted by Crippen LogP contribution is 2.19. The van der Waals surface area contributed by atoms with Gasteiger partial charge in [-0.3, -0.25) is 0 Å². The Morgan fingerprint density at radius 2 is 2.25 bits per heavy atom. The maximum absolute atomic E-state index is 11.3. The normalized spacial score (nSPS) is 9.62. The van der Waals surface area contributed by atoms with Crippen molar-refractivity contribution < 1.29 is 14.6 Å². The maximum atomic E-state index is 11.3. The van der Waals surface area contributed by atoms with Crippen LogP contribution in [0.25, 0.3) is 0 Å². The quantitative estimate of drug-likeness (QED) is 0.780. The molecule has 0 aliphatic rings. The summed E-state index contributed by atoms with van der Waals surface area (Å²) in [4.78, 5) is 11.3. The molecule has 0 heterocycles. The second kappa shape index (κ2) is 5.29. The minimum atomic E-state index is -0.506. The number of aliphatic hydroxyl groups is 1. The maximum Gasteiger partial charge on any atom is 0.337 e. The van der Waals surface area contributed by atoms with Crippen LogP contribution in [0.2, 0.25) is 0 Å². The third kappa shape index (κ3) is 2.20. The van der Waals surface area contributed by atoms with Crippen molar-refractivity contribution in [3.63, 3.8) is 0 Å². The Labute approximate surface area is 94.1 Å². The van der Waals surface area contributed by atoms with Crippen molar-refractivity contribution in [1.82, 2.24) is 0 Å². The molecule has 0 saturated carbocycles. The van der Waals surface area contributed by atoms with Gasteiger partial charge in [-0.1, -0.05) is 6.92 Å². The Hall–Kier alpha value is -1.86. The number of methoxy groups -OCH3 is 1. The van der Waals surface area contributed by atoms with Crippen LogP contribution in [0, 0.1) is 11.3 Å². The third-order valence-electron chi connectivity index (χ3n) is 2.41. The molecule has 4 nitrogen and oxygen atoms in total. The van der Waals surface area contributed by atoms with E-state index in [1.54, 1.807) is 6.07 Å². The highest BCUT2D eigenvalue weighted by atomic mass is 16.5. The van der Waals surface area contributed by atoms with Gasteiger partial charge in [-0.2, -0.15) is 5.26 Å². The molecule has 1 aromatic carbocycles. The van der Waals surface area contributed by atoms with Crippen LogP contribution in [0.4, 0.5) is 0 Å². The number of esters is 1. The summed E-state index contributed by atoms with van der Waals surface area (Å²) in [7, 11) is 1.28. The van der Waals surface area contributed by atoms with Gasteiger partial charge in [0.2, 0.25) is 0 Å². The van der Waals surface area contributed by atoms with E-state index in [4.69, 9.17) is 5.26 Å². The molecule has 0 aromatic heterocycles. The lowest BCUT2D eigenvalue weighted by Crippen LogP contribution is -2.06. The predicted octanol–water partition coefficient (Wildman–Crippen LogP) is 1.40. The number of ether oxygens (including phenoxy) is 1. The van der Waals surface area contributed by atoms with Crippen LogP contribution >= 0.6 is 0 Å². The number of benzene rings is 1. The van der Waals surface area contributed by atoms with E-state index in [1.165, 1.54) is 13.2 Å². The molecule has 1 aromatic rings. The van der Waals surface area contributed by atoms with E-state index in [9.17, 15) is 9.90 Å². The molecule has 84 valence electrons. The standard InChI is InChI=1S/C12H13NO3/c1-3-11-9(6-13)4-8(12(15)16-2)5-10(11)7-14/h4-5,14H,3,7H2,1-2H3. The van der Waals surface area contributed by atoms with Gasteiger partial charge in [0.1, 0.15) is 0 Å². The fourth-order valence-corrected chi connectivity index (χ4v) is 1.63. The Morgan fingerprint density at radius 3 is 2.69 bits per heavy atom. The number of carbonyl (C=O) groups excluding carboxylic acids is 1. The minimum Gasteiger partial charge on any atom is -0.465 e. The largest absolute Gasteiger partial charge is 0.465 e. The van der Waals surface area contributed by atoms with Crippen LogP contribution in [-0.2, 0) is 17.8 Å². The Kier molecular flexibility index (Phi) is 4.03. The zero-order valence-corrected chi connectivity index (χ0v) is 9.28. The first kappa shape index (κ1) is 12.2. The van der Waals surface area contributed by atoms with E-state index in [1.807, 2.05) is 13.0 Å². The molecule has 0 bridgehead atoms. The molecule has 1 N–H and O–H groups in total. The first-order valence-corrected chi connectivity index (χ1v) is 4.93. The molecule has 16 heavy (non-hydrogen) atoms. The first-order valence-electron chi connectivity index (χ1n) is 4.93. The Balaban J connectivity index is 3.38. The van der Waals surface area contributed by atoms with Gasteiger partial charge in [-0.15, -0.1) is 0 Å². The fraction of sp³-hybridized carbons (Fsp3) is 0.333. The van der Waals surface area contributed by atoms with E-state index in [0.29, 0.717) is 23.1 Å². The van der Waals surface area contributed by atoms with E-state index >= 15 is 0 Å². The molecular formula is C12H13NO3. The summed E-state index contributed by atoms with van der Waals surface area (Å²) >= 11 is 0. The zero-order chi connectivity index (χ0) is 12.1. The highest BCUT2D eigenvalue weighted by Gasteiger charge is 2.13. The summed E-state index contributed by atoms with van der Waals surface area (Å²) < 4.78 is 4.58. The fourth-order valence-electron chi connectivity index (χ4n) is 1.63. The van der Waals surface area contributed by atoms with Crippen molar-refractivity contribution in [3.05, 3.63) is 34.4 Å². The van der Waals surface area contributed by atoms with E-state index in [-0.39, 0.29) is 6.61 Å². The van der Waals surface area contributed by atoms with Crippen molar-refractivity contribution in [2.75, 3.05) is 7.11 Å². The number of nitriles is 1. The molecule has 0 aliphatic heterocycles. The second-order valence-corrected chi connectivity index (χ2v) is 3.28. The van der Waals surface area contributed by atoms with E-state index < -0.39 is 5.97 Å². The van der Waals surface area contributed by atoms with Crippen molar-refractivity contribution in [2.24, 2.45) is 0 Å². The molecule has 4 heteroatoms. The predicted molar refractivity (Wildman–Crippen MR) is 57.8 cm³/mol. The molecular weight excluding hydrogens is 206 g/mol. The van der Waals surface area contributed by atoms with Gasteiger partial charge in [-0.25, -0.2) is 4.79 Å². The molecule has 1 rings (SSSR count). The monoisotopic (exact) mass is 219 g/mol. The van der Waals surface area contributed by atoms with Gasteiger partial charge in [0.05, 0.1) is 30.9 Å². The molecule has 0 saturated heterocycles. The number of nitrogens with zero attached hydrogens (tertiary/aromatic N) is 1. The summed E-state index contributed by atoms with van der Waals surface area (Å²) in [5.74, 6) is -0.506. The van der Waals surface area contributed by atoms with Crippen LogP contribution in [0.15, 0.2) is 12.1 Å². The van der Waals surface area contributed by atoms with Crippen molar-refractivity contribution in [3.8, 4) is 6.07 Å². The van der Waals surface area contributed by atoms with Gasteiger partial charge < -0.3 is 9.84 Å². The number of aliphatic hydroxyl groups excluding tert-OH is 1. The Morgan fingerprint density at radius 1 is 1.56 bits per heavy atom. The smallest absolute Gasteiger partial charge is 0.337 e. The molecule has 0 spiro atoms. The minimum absolute atomic E-state index is 0.192. The van der Waals surface area contributed by atoms with Gasteiger partial charge in [0.25, 0.3) is 0 Å². The van der Waals surface area contributed by atoms with Crippen molar-refractivity contribution in [2.45, 2.75) is 20.0 Å². The SMILES string of the molecule is CCc1c(C#N)cc(C(=O)OC)cc1CO. The summed E-state index contributed by atoms with van der Waals surface area (Å²) in [6.45, 7) is 1.70. The number of rotatable bonds is 3. The van der Waals surface area contributed by atoms with Crippen LogP contribution in [0.3, 0.4) is 0 Å². The molecule has 0 radical (unpaired) electrons. The van der Waals surface area contributed by atoms with Crippen LogP contribution in [0.5, 0.6) is 0 Å². The summed E-state index contributed by atoms with van der Waals surface area (Å²) in [5.41, 5.74) is 2.08. The number of carbonyl (C=O) groups is 1. The van der Waals surface area contributed by atoms with Crippen molar-refractivity contribution >= 4 is 5.97 Å². The zero-order valence-electron chi connectivity index (χ0n) is 9.28. The van der Waals surface area contributed by atoms with Crippen LogP contribution in [0.1, 0.15) is 34.0 Å². The van der Waals surface area contributed by atoms with Crippen LogP contribution < -0.4 is 0 Å². The van der Waals surface area contributed by atoms with Gasteiger partial charge >= 0.3 is 5.97 Å². The molecule has 0 atom stereocenters. The number of hydrogen-bond acceptors (Lipinski definition) is 4. The van der Waals surface area contributed by atoms with E-state index in [2.05, 4.69) is 4.74 Å². The lowest BCUT2D eigenvalue weighted by atomic mass is 9.96. The lowest BCUT2D eigenvalue weighted by Gasteiger charge is -2.09. The number of hydrogen-bond donors (Lipinski definition) is 1. The van der Waals surface area contributed by atoms with Gasteiger partial charge in [0, 0.05) is 0 Å². The summed E-state index contributed by atoms with van der Waals surface area (Å²) in [6.07, 6.45) is 0.639. The average molecular weight is 219 g/mol. The highest BCUT2D eigenvalue weighted by molar-refractivity contribution is 5.90. The average Bonchev–Trinajstić information content (AvgIpc) is 2.35. The lowest BCUT2D eigenvalue weighted by molar-refractivity contribution is 0.0600. The molecule has 0 fully saturated rings. The Bertz CT molecular complexity index is 446. The first-order chi connectivity index (χ1) is 7.67. The molecule has 0 unspecified atom stereocenters. The van der Waals surface area contributed by atoms with Gasteiger partial charge in [-0.05, 0) is 29.7 Å². The van der Waals surface area contributed by atoms with E-state index in [0.717, 1.165) is 5.56 Å². The molecule has 0 aliphatic carbocycles. The third-order valence-corrected chi connectivity index (χ3v) is 2.41. The van der Waals surface area contributed by atoms with Crippen LogP contribution in [-0.4, -0.2) is 18.2 Å².